The molecule has 0 unspecified atom stereocenters. The van der Waals surface area contributed by atoms with E-state index in [0.29, 0.717) is 17.5 Å². The van der Waals surface area contributed by atoms with E-state index in [-0.39, 0.29) is 0 Å². The number of para-hydroxylation sites is 3. The van der Waals surface area contributed by atoms with E-state index in [2.05, 4.69) is 126 Å². The van der Waals surface area contributed by atoms with Crippen molar-refractivity contribution in [2.75, 3.05) is 0 Å². The molecule has 12 aromatic rings. The lowest BCUT2D eigenvalue weighted by atomic mass is 9.98. The zero-order valence-corrected chi connectivity index (χ0v) is 31.2. The van der Waals surface area contributed by atoms with Crippen LogP contribution in [0.3, 0.4) is 0 Å². The average molecular weight is 747 g/mol. The van der Waals surface area contributed by atoms with Crippen molar-refractivity contribution in [1.29, 1.82) is 0 Å². The second kappa shape index (κ2) is 12.6. The van der Waals surface area contributed by atoms with Crippen LogP contribution < -0.4 is 0 Å². The number of fused-ring (bicyclic) bond motifs is 9. The molecule has 266 valence electrons. The van der Waals surface area contributed by atoms with E-state index in [1.165, 1.54) is 26.2 Å². The van der Waals surface area contributed by atoms with Crippen LogP contribution in [0.1, 0.15) is 0 Å². The van der Waals surface area contributed by atoms with Gasteiger partial charge in [0, 0.05) is 58.4 Å². The van der Waals surface area contributed by atoms with E-state index < -0.39 is 0 Å². The van der Waals surface area contributed by atoms with Crippen LogP contribution in [-0.4, -0.2) is 19.5 Å². The Hall–Kier alpha value is -7.41. The first kappa shape index (κ1) is 31.9. The summed E-state index contributed by atoms with van der Waals surface area (Å²) in [6.07, 6.45) is 0. The molecule has 0 amide bonds. The lowest BCUT2D eigenvalue weighted by molar-refractivity contribution is 0.666. The highest BCUT2D eigenvalue weighted by Gasteiger charge is 2.21. The smallest absolute Gasteiger partial charge is 0.165 e. The lowest BCUT2D eigenvalue weighted by Gasteiger charge is -2.09. The monoisotopic (exact) mass is 746 g/mol. The lowest BCUT2D eigenvalue weighted by Crippen LogP contribution is -2.00. The highest BCUT2D eigenvalue weighted by molar-refractivity contribution is 7.26. The molecule has 12 rings (SSSR count). The Morgan fingerprint density at radius 3 is 1.72 bits per heavy atom. The molecule has 4 aromatic heterocycles. The van der Waals surface area contributed by atoms with Crippen molar-refractivity contribution in [1.82, 2.24) is 19.5 Å². The molecule has 0 aliphatic carbocycles. The minimum Gasteiger partial charge on any atom is -0.454 e. The summed E-state index contributed by atoms with van der Waals surface area (Å²) in [6, 6.07) is 63.7. The normalized spacial score (nSPS) is 11.9. The first-order chi connectivity index (χ1) is 28.3. The van der Waals surface area contributed by atoms with Crippen LogP contribution in [0, 0.1) is 0 Å². The molecule has 0 atom stereocenters. The van der Waals surface area contributed by atoms with E-state index >= 15 is 0 Å². The van der Waals surface area contributed by atoms with Gasteiger partial charge in [-0.3, -0.25) is 0 Å². The third kappa shape index (κ3) is 4.98. The van der Waals surface area contributed by atoms with Crippen molar-refractivity contribution in [2.45, 2.75) is 0 Å². The summed E-state index contributed by atoms with van der Waals surface area (Å²) in [6.45, 7) is 0. The van der Waals surface area contributed by atoms with Gasteiger partial charge in [0.15, 0.2) is 23.1 Å². The predicted molar refractivity (Wildman–Crippen MR) is 236 cm³/mol. The summed E-state index contributed by atoms with van der Waals surface area (Å²) in [4.78, 5) is 15.1. The summed E-state index contributed by atoms with van der Waals surface area (Å²) in [5.74, 6) is 1.97. The number of benzene rings is 8. The van der Waals surface area contributed by atoms with Crippen molar-refractivity contribution in [3.63, 3.8) is 0 Å². The number of nitrogens with zero attached hydrogens (tertiary/aromatic N) is 4. The largest absolute Gasteiger partial charge is 0.454 e. The molecule has 8 aromatic carbocycles. The fraction of sp³-hybridized carbons (Fsp3) is 0. The van der Waals surface area contributed by atoms with Crippen LogP contribution in [0.15, 0.2) is 186 Å². The maximum Gasteiger partial charge on any atom is 0.165 e. The number of rotatable bonds is 5. The van der Waals surface area contributed by atoms with Gasteiger partial charge < -0.3 is 8.98 Å². The first-order valence-corrected chi connectivity index (χ1v) is 19.8. The minimum atomic E-state index is 0.654. The molecule has 0 radical (unpaired) electrons. The molecule has 0 saturated carbocycles. The summed E-state index contributed by atoms with van der Waals surface area (Å²) in [5, 5.41) is 7.06. The maximum absolute atomic E-state index is 6.81. The first-order valence-electron chi connectivity index (χ1n) is 19.0. The molecule has 0 aliphatic rings. The molecule has 0 spiro atoms. The molecular formula is C51H30N4OS. The van der Waals surface area contributed by atoms with Gasteiger partial charge >= 0.3 is 0 Å². The van der Waals surface area contributed by atoms with Gasteiger partial charge in [0.25, 0.3) is 0 Å². The maximum atomic E-state index is 6.81. The molecular weight excluding hydrogens is 717 g/mol. The summed E-state index contributed by atoms with van der Waals surface area (Å²) >= 11 is 1.78. The Bertz CT molecular complexity index is 3420. The summed E-state index contributed by atoms with van der Waals surface area (Å²) in [7, 11) is 0. The van der Waals surface area contributed by atoms with Crippen LogP contribution >= 0.6 is 11.3 Å². The molecule has 4 heterocycles. The summed E-state index contributed by atoms with van der Waals surface area (Å²) < 4.78 is 11.5. The topological polar surface area (TPSA) is 56.7 Å². The third-order valence-electron chi connectivity index (χ3n) is 11.1. The van der Waals surface area contributed by atoms with Crippen LogP contribution in [0.2, 0.25) is 0 Å². The fourth-order valence-corrected chi connectivity index (χ4v) is 9.75. The number of furan rings is 1. The van der Waals surface area contributed by atoms with Gasteiger partial charge in [-0.05, 0) is 47.5 Å². The van der Waals surface area contributed by atoms with Crippen molar-refractivity contribution in [3.8, 4) is 51.0 Å². The fourth-order valence-electron chi connectivity index (χ4n) is 8.50. The third-order valence-corrected chi connectivity index (χ3v) is 12.3. The van der Waals surface area contributed by atoms with E-state index in [1.807, 2.05) is 60.7 Å². The van der Waals surface area contributed by atoms with Crippen LogP contribution in [0.25, 0.3) is 115 Å². The van der Waals surface area contributed by atoms with Crippen LogP contribution in [0.4, 0.5) is 0 Å². The molecule has 0 N–H and O–H groups in total. The van der Waals surface area contributed by atoms with Crippen molar-refractivity contribution < 1.29 is 4.42 Å². The molecule has 0 saturated heterocycles. The van der Waals surface area contributed by atoms with Crippen LogP contribution in [0.5, 0.6) is 0 Å². The molecule has 6 heteroatoms. The number of aromatic nitrogens is 4. The molecule has 0 aliphatic heterocycles. The standard InChI is InChI=1S/C51H30N4OS/c1-3-14-31(15-4-1)49-52-50(32-16-5-2-6-17-32)54-51(53-49)40-23-11-21-38-37-29-28-33(30-45(37)57-48(38)40)34-20-13-27-44-46(34)39-22-12-26-43(47(39)56-44)55-41-24-9-7-18-35(41)36-19-8-10-25-42(36)55/h1-30H. The van der Waals surface area contributed by atoms with E-state index in [0.717, 1.165) is 71.2 Å². The zero-order valence-electron chi connectivity index (χ0n) is 30.4. The summed E-state index contributed by atoms with van der Waals surface area (Å²) in [5.41, 5.74) is 10.3. The minimum absolute atomic E-state index is 0.654. The van der Waals surface area contributed by atoms with Gasteiger partial charge in [0.05, 0.1) is 16.7 Å². The van der Waals surface area contributed by atoms with Gasteiger partial charge in [-0.15, -0.1) is 11.3 Å². The van der Waals surface area contributed by atoms with Gasteiger partial charge in [0.2, 0.25) is 0 Å². The number of thiophene rings is 1. The quantitative estimate of drug-likeness (QED) is 0.176. The molecule has 5 nitrogen and oxygen atoms in total. The van der Waals surface area contributed by atoms with Gasteiger partial charge in [-0.1, -0.05) is 146 Å². The number of hydrogen-bond donors (Lipinski definition) is 0. The Morgan fingerprint density at radius 2 is 1.00 bits per heavy atom. The molecule has 0 bridgehead atoms. The highest BCUT2D eigenvalue weighted by Crippen LogP contribution is 2.44. The van der Waals surface area contributed by atoms with Crippen molar-refractivity contribution in [3.05, 3.63) is 182 Å². The Morgan fingerprint density at radius 1 is 0.421 bits per heavy atom. The van der Waals surface area contributed by atoms with Gasteiger partial charge in [0.1, 0.15) is 5.58 Å². The van der Waals surface area contributed by atoms with Gasteiger partial charge in [-0.2, -0.15) is 0 Å². The molecule has 0 fully saturated rings. The second-order valence-corrected chi connectivity index (χ2v) is 15.4. The van der Waals surface area contributed by atoms with E-state index in [4.69, 9.17) is 19.4 Å². The van der Waals surface area contributed by atoms with Crippen molar-refractivity contribution in [2.24, 2.45) is 0 Å². The number of hydrogen-bond acceptors (Lipinski definition) is 5. The van der Waals surface area contributed by atoms with E-state index in [9.17, 15) is 0 Å². The Kier molecular flexibility index (Phi) is 7.03. The Balaban J connectivity index is 1.02. The molecule has 57 heavy (non-hydrogen) atoms. The highest BCUT2D eigenvalue weighted by atomic mass is 32.1. The second-order valence-electron chi connectivity index (χ2n) is 14.3. The van der Waals surface area contributed by atoms with Crippen LogP contribution in [-0.2, 0) is 0 Å². The predicted octanol–water partition coefficient (Wildman–Crippen LogP) is 13.9. The van der Waals surface area contributed by atoms with E-state index in [1.54, 1.807) is 11.3 Å². The SMILES string of the molecule is c1ccc(-c2nc(-c3ccccc3)nc(-c3cccc4c3sc3cc(-c5cccc6oc7c(-n8c9ccccc9c9ccccc98)cccc7c56)ccc34)n2)cc1. The Labute approximate surface area is 330 Å². The van der Waals surface area contributed by atoms with Gasteiger partial charge in [-0.25, -0.2) is 15.0 Å². The average Bonchev–Trinajstić information content (AvgIpc) is 3.96. The zero-order chi connectivity index (χ0) is 37.5. The van der Waals surface area contributed by atoms with Crippen molar-refractivity contribution >= 4 is 75.3 Å².